The van der Waals surface area contributed by atoms with E-state index in [1.807, 2.05) is 0 Å². The fraction of sp³-hybridized carbons (Fsp3) is 0.261. The third-order valence-corrected chi connectivity index (χ3v) is 5.24. The Morgan fingerprint density at radius 2 is 1.91 bits per heavy atom. The monoisotopic (exact) mass is 458 g/mol. The molecule has 2 aromatic carbocycles. The van der Waals surface area contributed by atoms with Gasteiger partial charge in [-0.2, -0.15) is 23.0 Å². The molecule has 0 radical (unpaired) electrons. The van der Waals surface area contributed by atoms with Gasteiger partial charge in [-0.05, 0) is 56.2 Å². The Labute approximate surface area is 187 Å². The van der Waals surface area contributed by atoms with Crippen LogP contribution in [0.2, 0.25) is 0 Å². The molecule has 1 heterocycles. The summed E-state index contributed by atoms with van der Waals surface area (Å²) in [4.78, 5) is 24.7. The highest BCUT2D eigenvalue weighted by Crippen LogP contribution is 2.42. The van der Waals surface area contributed by atoms with Crippen LogP contribution < -0.4 is 10.6 Å². The number of hydrogen-bond donors (Lipinski definition) is 3. The zero-order chi connectivity index (χ0) is 23.8. The molecule has 172 valence electrons. The van der Waals surface area contributed by atoms with E-state index in [1.54, 1.807) is 13.0 Å². The number of benzene rings is 2. The van der Waals surface area contributed by atoms with Crippen LogP contribution in [-0.4, -0.2) is 33.4 Å². The number of carbonyl (C=O) groups is 2. The number of amides is 2. The minimum absolute atomic E-state index is 0.164. The van der Waals surface area contributed by atoms with Crippen molar-refractivity contribution in [2.75, 3.05) is 11.9 Å². The first-order valence-electron chi connectivity index (χ1n) is 10.4. The molecule has 0 saturated heterocycles. The molecular weight excluding hydrogens is 437 g/mol. The van der Waals surface area contributed by atoms with Gasteiger partial charge in [0.15, 0.2) is 0 Å². The summed E-state index contributed by atoms with van der Waals surface area (Å²) < 4.78 is 40.0. The van der Waals surface area contributed by atoms with E-state index >= 15 is 0 Å². The molecule has 0 bridgehead atoms. The number of aromatic hydroxyl groups is 1. The van der Waals surface area contributed by atoms with Crippen LogP contribution in [-0.2, 0) is 6.18 Å². The van der Waals surface area contributed by atoms with E-state index in [0.29, 0.717) is 17.8 Å². The normalized spacial score (nSPS) is 13.6. The molecule has 0 unspecified atom stereocenters. The van der Waals surface area contributed by atoms with Gasteiger partial charge < -0.3 is 15.7 Å². The van der Waals surface area contributed by atoms with Gasteiger partial charge >= 0.3 is 12.2 Å². The molecule has 7 nitrogen and oxygen atoms in total. The van der Waals surface area contributed by atoms with E-state index in [9.17, 15) is 27.9 Å². The number of carbonyl (C=O) groups excluding carboxylic acids is 2. The molecular formula is C23H21F3N4O3. The SMILES string of the molecule is CCNC(=O)n1nc(-c2ccc(NC(=O)c3cccc(C(F)(F)F)c3)cc2O)cc1C1CC1. The molecule has 4 rings (SSSR count). The number of hydrogen-bond acceptors (Lipinski definition) is 4. The lowest BCUT2D eigenvalue weighted by Crippen LogP contribution is -2.30. The number of anilines is 1. The predicted molar refractivity (Wildman–Crippen MR) is 115 cm³/mol. The number of aromatic nitrogens is 2. The molecule has 1 saturated carbocycles. The molecule has 0 atom stereocenters. The minimum Gasteiger partial charge on any atom is -0.507 e. The zero-order valence-electron chi connectivity index (χ0n) is 17.6. The van der Waals surface area contributed by atoms with Crippen LogP contribution in [0.5, 0.6) is 5.75 Å². The van der Waals surface area contributed by atoms with Crippen molar-refractivity contribution in [3.63, 3.8) is 0 Å². The van der Waals surface area contributed by atoms with Gasteiger partial charge in [0.2, 0.25) is 0 Å². The maximum Gasteiger partial charge on any atom is 0.416 e. The lowest BCUT2D eigenvalue weighted by Gasteiger charge is -2.10. The Morgan fingerprint density at radius 3 is 2.55 bits per heavy atom. The van der Waals surface area contributed by atoms with E-state index in [0.717, 1.165) is 36.7 Å². The van der Waals surface area contributed by atoms with E-state index in [4.69, 9.17) is 0 Å². The Morgan fingerprint density at radius 1 is 1.15 bits per heavy atom. The highest BCUT2D eigenvalue weighted by molar-refractivity contribution is 6.04. The summed E-state index contributed by atoms with van der Waals surface area (Å²) in [5, 5.41) is 20.1. The average molecular weight is 458 g/mol. The molecule has 33 heavy (non-hydrogen) atoms. The van der Waals surface area contributed by atoms with Crippen LogP contribution in [0.25, 0.3) is 11.3 Å². The molecule has 1 aromatic heterocycles. The maximum atomic E-state index is 12.9. The highest BCUT2D eigenvalue weighted by Gasteiger charge is 2.32. The van der Waals surface area contributed by atoms with Crippen LogP contribution in [0.15, 0.2) is 48.5 Å². The molecule has 1 aliphatic rings. The van der Waals surface area contributed by atoms with E-state index in [2.05, 4.69) is 15.7 Å². The highest BCUT2D eigenvalue weighted by atomic mass is 19.4. The van der Waals surface area contributed by atoms with Crippen LogP contribution >= 0.6 is 0 Å². The van der Waals surface area contributed by atoms with Crippen molar-refractivity contribution >= 4 is 17.6 Å². The lowest BCUT2D eigenvalue weighted by atomic mass is 10.1. The van der Waals surface area contributed by atoms with Crippen molar-refractivity contribution in [2.45, 2.75) is 31.9 Å². The average Bonchev–Trinajstić information content (AvgIpc) is 3.52. The Balaban J connectivity index is 1.56. The number of phenols is 1. The zero-order valence-corrected chi connectivity index (χ0v) is 17.6. The largest absolute Gasteiger partial charge is 0.507 e. The van der Waals surface area contributed by atoms with Gasteiger partial charge in [-0.1, -0.05) is 6.07 Å². The minimum atomic E-state index is -4.56. The van der Waals surface area contributed by atoms with Gasteiger partial charge in [0.05, 0.1) is 17.0 Å². The molecule has 1 aliphatic carbocycles. The predicted octanol–water partition coefficient (Wildman–Crippen LogP) is 4.98. The Bertz CT molecular complexity index is 1220. The first-order valence-corrected chi connectivity index (χ1v) is 10.4. The van der Waals surface area contributed by atoms with Crippen molar-refractivity contribution in [3.8, 4) is 17.0 Å². The molecule has 3 N–H and O–H groups in total. The van der Waals surface area contributed by atoms with Crippen molar-refractivity contribution in [3.05, 3.63) is 65.4 Å². The number of nitrogens with one attached hydrogen (secondary N) is 2. The van der Waals surface area contributed by atoms with Crippen molar-refractivity contribution in [2.24, 2.45) is 0 Å². The number of alkyl halides is 3. The summed E-state index contributed by atoms with van der Waals surface area (Å²) in [5.41, 5.74) is 0.626. The first-order chi connectivity index (χ1) is 15.7. The van der Waals surface area contributed by atoms with Gasteiger partial charge in [-0.3, -0.25) is 4.79 Å². The Hall–Kier alpha value is -3.82. The van der Waals surface area contributed by atoms with E-state index < -0.39 is 17.6 Å². The van der Waals surface area contributed by atoms with Gasteiger partial charge in [0.25, 0.3) is 5.91 Å². The maximum absolute atomic E-state index is 12.9. The first kappa shape index (κ1) is 22.4. The number of rotatable bonds is 5. The number of halogens is 3. The fourth-order valence-electron chi connectivity index (χ4n) is 3.45. The van der Waals surface area contributed by atoms with Gasteiger partial charge in [-0.15, -0.1) is 0 Å². The van der Waals surface area contributed by atoms with Crippen LogP contribution in [0.1, 0.15) is 47.3 Å². The van der Waals surface area contributed by atoms with Gasteiger partial charge in [-0.25, -0.2) is 4.79 Å². The topological polar surface area (TPSA) is 96.3 Å². The second-order valence-corrected chi connectivity index (χ2v) is 7.74. The standard InChI is InChI=1S/C23H21F3N4O3/c1-2-27-22(33)30-19(13-6-7-13)12-18(29-30)17-9-8-16(11-20(17)31)28-21(32)14-4-3-5-15(10-14)23(24,25)26/h3-5,8-13,31H,2,6-7H2,1H3,(H,27,33)(H,28,32). The number of phenolic OH excluding ortho intramolecular Hbond substituents is 1. The van der Waals surface area contributed by atoms with Crippen LogP contribution in [0.3, 0.4) is 0 Å². The molecule has 10 heteroatoms. The summed E-state index contributed by atoms with van der Waals surface area (Å²) >= 11 is 0. The summed E-state index contributed by atoms with van der Waals surface area (Å²) in [6, 6.07) is 9.78. The van der Waals surface area contributed by atoms with Crippen molar-refractivity contribution < 1.29 is 27.9 Å². The van der Waals surface area contributed by atoms with Crippen LogP contribution in [0, 0.1) is 0 Å². The summed E-state index contributed by atoms with van der Waals surface area (Å²) in [6.07, 6.45) is -2.65. The molecule has 0 spiro atoms. The fourth-order valence-corrected chi connectivity index (χ4v) is 3.45. The smallest absolute Gasteiger partial charge is 0.416 e. The second-order valence-electron chi connectivity index (χ2n) is 7.74. The van der Waals surface area contributed by atoms with E-state index in [1.165, 1.54) is 28.9 Å². The third kappa shape index (κ3) is 4.84. The number of nitrogens with zero attached hydrogens (tertiary/aromatic N) is 2. The molecule has 1 fully saturated rings. The van der Waals surface area contributed by atoms with Crippen molar-refractivity contribution in [1.29, 1.82) is 0 Å². The summed E-state index contributed by atoms with van der Waals surface area (Å²) in [6.45, 7) is 2.25. The molecule has 0 aliphatic heterocycles. The van der Waals surface area contributed by atoms with Crippen molar-refractivity contribution in [1.82, 2.24) is 15.1 Å². The van der Waals surface area contributed by atoms with Crippen LogP contribution in [0.4, 0.5) is 23.7 Å². The molecule has 2 amide bonds. The lowest BCUT2D eigenvalue weighted by molar-refractivity contribution is -0.137. The van der Waals surface area contributed by atoms with Gasteiger partial charge in [0, 0.05) is 35.3 Å². The Kier molecular flexibility index (Phi) is 5.84. The summed E-state index contributed by atoms with van der Waals surface area (Å²) in [7, 11) is 0. The molecule has 3 aromatic rings. The second kappa shape index (κ2) is 8.61. The third-order valence-electron chi connectivity index (χ3n) is 5.24. The quantitative estimate of drug-likeness (QED) is 0.502. The summed E-state index contributed by atoms with van der Waals surface area (Å²) in [5.74, 6) is -0.702. The van der Waals surface area contributed by atoms with Gasteiger partial charge in [0.1, 0.15) is 5.75 Å². The van der Waals surface area contributed by atoms with E-state index in [-0.39, 0.29) is 28.9 Å².